The zero-order valence-corrected chi connectivity index (χ0v) is 24.4. The molecule has 44 heavy (non-hydrogen) atoms. The van der Waals surface area contributed by atoms with E-state index >= 15 is 0 Å². The summed E-state index contributed by atoms with van der Waals surface area (Å²) in [5.74, 6) is -4.04. The highest BCUT2D eigenvalue weighted by Crippen LogP contribution is 2.22. The van der Waals surface area contributed by atoms with E-state index in [1.165, 1.54) is 11.9 Å². The van der Waals surface area contributed by atoms with Gasteiger partial charge in [-0.25, -0.2) is 0 Å². The molecule has 0 aromatic carbocycles. The molecular formula is C28H37N3O13. The quantitative estimate of drug-likeness (QED) is 0.0556. The molecule has 5 amide bonds. The molecule has 2 heterocycles. The van der Waals surface area contributed by atoms with Crippen molar-refractivity contribution in [1.29, 1.82) is 0 Å². The van der Waals surface area contributed by atoms with Crippen LogP contribution < -0.4 is 0 Å². The number of hydrogen-bond acceptors (Lipinski definition) is 12. The molecule has 0 fully saturated rings. The minimum atomic E-state index is -1.61. The minimum Gasteiger partial charge on any atom is -0.481 e. The Bertz CT molecular complexity index is 1050. The van der Waals surface area contributed by atoms with Crippen LogP contribution in [0.2, 0.25) is 0 Å². The second-order valence-corrected chi connectivity index (χ2v) is 9.51. The third-order valence-electron chi connectivity index (χ3n) is 6.12. The molecular weight excluding hydrogens is 586 g/mol. The summed E-state index contributed by atoms with van der Waals surface area (Å²) < 4.78 is 27.5. The maximum atomic E-state index is 12.6. The number of ether oxygens (including phenoxy) is 5. The van der Waals surface area contributed by atoms with Crippen LogP contribution in [0.15, 0.2) is 36.5 Å². The van der Waals surface area contributed by atoms with Gasteiger partial charge in [0.15, 0.2) is 0 Å². The number of aldehydes is 1. The Kier molecular flexibility index (Phi) is 15.8. The van der Waals surface area contributed by atoms with Crippen LogP contribution in [0.3, 0.4) is 0 Å². The van der Waals surface area contributed by atoms with Crippen molar-refractivity contribution in [3.8, 4) is 0 Å². The van der Waals surface area contributed by atoms with Crippen LogP contribution in [-0.4, -0.2) is 153 Å². The maximum absolute atomic E-state index is 12.6. The summed E-state index contributed by atoms with van der Waals surface area (Å²) >= 11 is 0. The van der Waals surface area contributed by atoms with Gasteiger partial charge in [-0.1, -0.05) is 0 Å². The summed E-state index contributed by atoms with van der Waals surface area (Å²) in [6.45, 7) is 0.546. The number of carbonyl (C=O) groups excluding carboxylic acids is 6. The largest absolute Gasteiger partial charge is 0.481 e. The van der Waals surface area contributed by atoms with E-state index in [2.05, 4.69) is 0 Å². The molecule has 2 aliphatic rings. The Balaban J connectivity index is 1.92. The van der Waals surface area contributed by atoms with Crippen molar-refractivity contribution in [2.75, 3.05) is 86.1 Å². The number of nitrogens with zero attached hydrogens (tertiary/aromatic N) is 3. The van der Waals surface area contributed by atoms with Crippen LogP contribution in [0.4, 0.5) is 0 Å². The van der Waals surface area contributed by atoms with Crippen molar-refractivity contribution < 1.29 is 62.4 Å². The van der Waals surface area contributed by atoms with Gasteiger partial charge in [-0.3, -0.25) is 43.4 Å². The summed E-state index contributed by atoms with van der Waals surface area (Å²) in [5, 5.41) is 8.53. The molecule has 0 aliphatic carbocycles. The van der Waals surface area contributed by atoms with Crippen molar-refractivity contribution in [3.05, 3.63) is 36.5 Å². The third kappa shape index (κ3) is 12.6. The number of amides is 5. The minimum absolute atomic E-state index is 0.0261. The van der Waals surface area contributed by atoms with Crippen LogP contribution in [-0.2, 0) is 57.2 Å². The molecule has 0 aromatic heterocycles. The highest BCUT2D eigenvalue weighted by Gasteiger charge is 2.43. The van der Waals surface area contributed by atoms with Gasteiger partial charge in [-0.2, -0.15) is 0 Å². The van der Waals surface area contributed by atoms with Gasteiger partial charge in [0.25, 0.3) is 23.6 Å². The lowest BCUT2D eigenvalue weighted by molar-refractivity contribution is -0.155. The SMILES string of the molecule is CN(CC(CN1C(=O)C=CC1=O)(CN1C(=O)C=CC1=O)OCCOCCOCCOCCOCCC(=O)O)C(=O)/C=C\C=O. The zero-order chi connectivity index (χ0) is 32.4. The van der Waals surface area contributed by atoms with E-state index in [-0.39, 0.29) is 59.2 Å². The molecule has 1 N–H and O–H groups in total. The number of hydrogen-bond donors (Lipinski definition) is 1. The van der Waals surface area contributed by atoms with E-state index in [9.17, 15) is 33.6 Å². The predicted octanol–water partition coefficient (Wildman–Crippen LogP) is -1.65. The van der Waals surface area contributed by atoms with E-state index in [0.29, 0.717) is 19.5 Å². The van der Waals surface area contributed by atoms with Crippen LogP contribution in [0.1, 0.15) is 6.42 Å². The summed E-state index contributed by atoms with van der Waals surface area (Å²) in [5.41, 5.74) is -1.61. The van der Waals surface area contributed by atoms with Gasteiger partial charge in [0.2, 0.25) is 5.91 Å². The third-order valence-corrected chi connectivity index (χ3v) is 6.12. The molecule has 0 radical (unpaired) electrons. The molecule has 2 aliphatic heterocycles. The van der Waals surface area contributed by atoms with Crippen molar-refractivity contribution >= 4 is 41.8 Å². The monoisotopic (exact) mass is 623 g/mol. The average Bonchev–Trinajstić information content (AvgIpc) is 3.47. The number of aliphatic carboxylic acids is 1. The molecule has 242 valence electrons. The smallest absolute Gasteiger partial charge is 0.305 e. The van der Waals surface area contributed by atoms with E-state index in [4.69, 9.17) is 28.8 Å². The van der Waals surface area contributed by atoms with Gasteiger partial charge in [-0.05, 0) is 6.08 Å². The second kappa shape index (κ2) is 19.2. The van der Waals surface area contributed by atoms with Crippen LogP contribution in [0.25, 0.3) is 0 Å². The van der Waals surface area contributed by atoms with Crippen molar-refractivity contribution in [3.63, 3.8) is 0 Å². The summed E-state index contributed by atoms with van der Waals surface area (Å²) in [6, 6.07) is 0. The summed E-state index contributed by atoms with van der Waals surface area (Å²) in [4.78, 5) is 86.3. The Labute approximate surface area is 253 Å². The van der Waals surface area contributed by atoms with Crippen molar-refractivity contribution in [1.82, 2.24) is 14.7 Å². The first-order valence-corrected chi connectivity index (χ1v) is 13.7. The van der Waals surface area contributed by atoms with Crippen LogP contribution in [0.5, 0.6) is 0 Å². The first kappa shape index (κ1) is 36.1. The Morgan fingerprint density at radius 3 is 1.57 bits per heavy atom. The average molecular weight is 624 g/mol. The molecule has 0 aromatic rings. The van der Waals surface area contributed by atoms with Gasteiger partial charge in [-0.15, -0.1) is 0 Å². The fourth-order valence-electron chi connectivity index (χ4n) is 4.03. The standard InChI is InChI=1S/C28H37N3O13/c1-29(22(33)3-2-9-32)19-28(20-30-23(34)4-5-24(30)35,21-31-25(36)6-7-26(31)37)44-18-17-43-16-15-42-14-13-41-12-11-40-10-8-27(38)39/h2-7,9H,8,10-21H2,1H3,(H,38,39)/b3-2-. The van der Waals surface area contributed by atoms with E-state index in [1.54, 1.807) is 0 Å². The lowest BCUT2D eigenvalue weighted by Crippen LogP contribution is -2.60. The lowest BCUT2D eigenvalue weighted by Gasteiger charge is -2.40. The molecule has 16 heteroatoms. The number of allylic oxidation sites excluding steroid dienone is 1. The Morgan fingerprint density at radius 2 is 1.16 bits per heavy atom. The maximum Gasteiger partial charge on any atom is 0.305 e. The molecule has 2 rings (SSSR count). The van der Waals surface area contributed by atoms with Gasteiger partial charge in [0.05, 0.1) is 85.5 Å². The number of likely N-dealkylation sites (N-methyl/N-ethyl adjacent to an activating group) is 1. The first-order chi connectivity index (χ1) is 21.1. The van der Waals surface area contributed by atoms with Gasteiger partial charge >= 0.3 is 5.97 Å². The number of carboxylic acids is 1. The molecule has 0 saturated heterocycles. The van der Waals surface area contributed by atoms with Crippen LogP contribution in [0, 0.1) is 0 Å². The predicted molar refractivity (Wildman–Crippen MR) is 149 cm³/mol. The fourth-order valence-corrected chi connectivity index (χ4v) is 4.03. The van der Waals surface area contributed by atoms with E-state index < -0.39 is 54.2 Å². The molecule has 0 unspecified atom stereocenters. The van der Waals surface area contributed by atoms with E-state index in [1.807, 2.05) is 0 Å². The highest BCUT2D eigenvalue weighted by atomic mass is 16.6. The zero-order valence-electron chi connectivity index (χ0n) is 24.4. The van der Waals surface area contributed by atoms with Gasteiger partial charge in [0.1, 0.15) is 11.9 Å². The van der Waals surface area contributed by atoms with E-state index in [0.717, 1.165) is 46.3 Å². The van der Waals surface area contributed by atoms with Gasteiger partial charge in [0, 0.05) is 37.4 Å². The fraction of sp³-hybridized carbons (Fsp3) is 0.536. The Morgan fingerprint density at radius 1 is 0.750 bits per heavy atom. The lowest BCUT2D eigenvalue weighted by atomic mass is 10.0. The molecule has 0 saturated carbocycles. The summed E-state index contributed by atoms with van der Waals surface area (Å²) in [6.07, 6.45) is 6.67. The van der Waals surface area contributed by atoms with Crippen molar-refractivity contribution in [2.45, 2.75) is 12.0 Å². The number of carbonyl (C=O) groups is 7. The normalized spacial score (nSPS) is 14.9. The molecule has 0 atom stereocenters. The Hall–Kier alpha value is -4.09. The highest BCUT2D eigenvalue weighted by molar-refractivity contribution is 6.13. The van der Waals surface area contributed by atoms with Gasteiger partial charge < -0.3 is 33.7 Å². The molecule has 16 nitrogen and oxygen atoms in total. The first-order valence-electron chi connectivity index (χ1n) is 13.7. The van der Waals surface area contributed by atoms with Crippen LogP contribution >= 0.6 is 0 Å². The van der Waals surface area contributed by atoms with Crippen molar-refractivity contribution in [2.24, 2.45) is 0 Å². The number of carboxylic acid groups (broad SMARTS) is 1. The summed E-state index contributed by atoms with van der Waals surface area (Å²) in [7, 11) is 1.40. The molecule has 0 spiro atoms. The second-order valence-electron chi connectivity index (χ2n) is 9.51. The number of rotatable bonds is 24. The molecule has 0 bridgehead atoms. The topological polar surface area (TPSA) is 196 Å². The number of imide groups is 2.